The molecule has 2 rings (SSSR count). The number of aromatic nitrogens is 2. The highest BCUT2D eigenvalue weighted by Gasteiger charge is 2.48. The number of rotatable bonds is 5. The lowest BCUT2D eigenvalue weighted by molar-refractivity contribution is -0.119. The predicted octanol–water partition coefficient (Wildman–Crippen LogP) is 1.26. The van der Waals surface area contributed by atoms with Crippen molar-refractivity contribution in [1.29, 1.82) is 0 Å². The van der Waals surface area contributed by atoms with Gasteiger partial charge in [-0.25, -0.2) is 8.42 Å². The molecular formula is C13H23ClN4O3S2. The molecule has 1 aliphatic heterocycles. The average Bonchev–Trinajstić information content (AvgIpc) is 2.84. The minimum atomic E-state index is -3.51. The van der Waals surface area contributed by atoms with Gasteiger partial charge in [0.1, 0.15) is 5.01 Å². The van der Waals surface area contributed by atoms with Crippen molar-refractivity contribution in [2.45, 2.75) is 37.9 Å². The molecule has 1 aromatic rings. The van der Waals surface area contributed by atoms with E-state index in [0.29, 0.717) is 24.1 Å². The summed E-state index contributed by atoms with van der Waals surface area (Å²) in [5.74, 6) is -0.0490. The van der Waals surface area contributed by atoms with Gasteiger partial charge in [0.05, 0.1) is 0 Å². The Hall–Kier alpha value is -0.770. The smallest absolute Gasteiger partial charge is 0.247 e. The lowest BCUT2D eigenvalue weighted by Gasteiger charge is -2.33. The van der Waals surface area contributed by atoms with Gasteiger partial charge in [-0.15, -0.1) is 22.6 Å². The Morgan fingerprint density at radius 2 is 1.96 bits per heavy atom. The Kier molecular flexibility index (Phi) is 6.94. The van der Waals surface area contributed by atoms with Gasteiger partial charge in [-0.1, -0.05) is 25.2 Å². The number of nitrogens with one attached hydrogen (secondary N) is 2. The number of halogens is 1. The van der Waals surface area contributed by atoms with Gasteiger partial charge >= 0.3 is 0 Å². The number of anilines is 1. The summed E-state index contributed by atoms with van der Waals surface area (Å²) in [6.07, 6.45) is 2.46. The Labute approximate surface area is 147 Å². The van der Waals surface area contributed by atoms with Crippen LogP contribution in [-0.2, 0) is 21.1 Å². The molecule has 0 atom stereocenters. The molecule has 1 fully saturated rings. The van der Waals surface area contributed by atoms with Crippen LogP contribution in [0.2, 0.25) is 0 Å². The number of hydrogen-bond acceptors (Lipinski definition) is 7. The quantitative estimate of drug-likeness (QED) is 0.795. The van der Waals surface area contributed by atoms with Gasteiger partial charge in [0.15, 0.2) is 14.6 Å². The molecule has 23 heavy (non-hydrogen) atoms. The van der Waals surface area contributed by atoms with Crippen LogP contribution in [-0.4, -0.2) is 48.6 Å². The third-order valence-corrected chi connectivity index (χ3v) is 6.68. The molecule has 2 N–H and O–H groups in total. The van der Waals surface area contributed by atoms with E-state index in [1.165, 1.54) is 11.3 Å². The first-order chi connectivity index (χ1) is 10.2. The molecule has 0 unspecified atom stereocenters. The van der Waals surface area contributed by atoms with E-state index in [4.69, 9.17) is 0 Å². The van der Waals surface area contributed by atoms with E-state index in [-0.39, 0.29) is 25.2 Å². The van der Waals surface area contributed by atoms with Crippen LogP contribution >= 0.6 is 23.7 Å². The summed E-state index contributed by atoms with van der Waals surface area (Å²) in [6, 6.07) is 0. The third kappa shape index (κ3) is 4.62. The molecule has 0 aromatic carbocycles. The van der Waals surface area contributed by atoms with Crippen LogP contribution in [0.15, 0.2) is 0 Å². The standard InChI is InChI=1S/C13H22N4O3S2.ClH/c1-9(2)8-10-16-17-12(21-10)15-11(18)13(22(3,19)20)4-6-14-7-5-13;/h9,14H,4-8H2,1-3H3,(H,15,17,18);1H. The molecule has 0 saturated carbocycles. The van der Waals surface area contributed by atoms with Crippen LogP contribution in [0, 0.1) is 5.92 Å². The van der Waals surface area contributed by atoms with Crippen molar-refractivity contribution >= 4 is 44.6 Å². The van der Waals surface area contributed by atoms with Crippen LogP contribution in [0.25, 0.3) is 0 Å². The minimum absolute atomic E-state index is 0. The van der Waals surface area contributed by atoms with Gasteiger partial charge in [-0.3, -0.25) is 10.1 Å². The van der Waals surface area contributed by atoms with E-state index in [1.54, 1.807) is 0 Å². The summed E-state index contributed by atoms with van der Waals surface area (Å²) >= 11 is 1.30. The summed E-state index contributed by atoms with van der Waals surface area (Å²) in [5, 5.41) is 14.9. The molecule has 0 radical (unpaired) electrons. The highest BCUT2D eigenvalue weighted by Crippen LogP contribution is 2.30. The highest BCUT2D eigenvalue weighted by molar-refractivity contribution is 7.92. The van der Waals surface area contributed by atoms with Crippen LogP contribution in [0.3, 0.4) is 0 Å². The Morgan fingerprint density at radius 1 is 1.35 bits per heavy atom. The van der Waals surface area contributed by atoms with Gasteiger partial charge in [0.25, 0.3) is 0 Å². The number of sulfone groups is 1. The first kappa shape index (κ1) is 20.3. The molecule has 1 amide bonds. The van der Waals surface area contributed by atoms with Crippen molar-refractivity contribution in [1.82, 2.24) is 15.5 Å². The maximum atomic E-state index is 12.6. The van der Waals surface area contributed by atoms with E-state index < -0.39 is 20.5 Å². The van der Waals surface area contributed by atoms with E-state index >= 15 is 0 Å². The molecule has 7 nitrogen and oxygen atoms in total. The van der Waals surface area contributed by atoms with Crippen molar-refractivity contribution in [3.8, 4) is 0 Å². The zero-order chi connectivity index (χ0) is 16.4. The molecule has 0 spiro atoms. The van der Waals surface area contributed by atoms with Gasteiger partial charge in [0.2, 0.25) is 11.0 Å². The maximum absolute atomic E-state index is 12.6. The van der Waals surface area contributed by atoms with Gasteiger partial charge in [-0.05, 0) is 31.8 Å². The van der Waals surface area contributed by atoms with Crippen LogP contribution < -0.4 is 10.6 Å². The van der Waals surface area contributed by atoms with E-state index in [9.17, 15) is 13.2 Å². The summed E-state index contributed by atoms with van der Waals surface area (Å²) in [7, 11) is -3.51. The summed E-state index contributed by atoms with van der Waals surface area (Å²) in [4.78, 5) is 12.6. The SMILES string of the molecule is CC(C)Cc1nnc(NC(=O)C2(S(C)(=O)=O)CCNCC2)s1.Cl. The van der Waals surface area contributed by atoms with E-state index in [0.717, 1.165) is 17.7 Å². The van der Waals surface area contributed by atoms with Gasteiger partial charge in [0, 0.05) is 12.7 Å². The molecule has 0 aliphatic carbocycles. The number of hydrogen-bond donors (Lipinski definition) is 2. The fourth-order valence-electron chi connectivity index (χ4n) is 2.54. The third-order valence-electron chi connectivity index (χ3n) is 3.80. The molecular weight excluding hydrogens is 360 g/mol. The van der Waals surface area contributed by atoms with Crippen LogP contribution in [0.4, 0.5) is 5.13 Å². The van der Waals surface area contributed by atoms with Crippen LogP contribution in [0.1, 0.15) is 31.7 Å². The fourth-order valence-corrected chi connectivity index (χ4v) is 4.82. The second-order valence-electron chi connectivity index (χ2n) is 6.07. The van der Waals surface area contributed by atoms with Crippen molar-refractivity contribution < 1.29 is 13.2 Å². The second kappa shape index (κ2) is 7.87. The molecule has 1 saturated heterocycles. The van der Waals surface area contributed by atoms with Crippen molar-refractivity contribution in [3.63, 3.8) is 0 Å². The van der Waals surface area contributed by atoms with Crippen LogP contribution in [0.5, 0.6) is 0 Å². The largest absolute Gasteiger partial charge is 0.317 e. The Balaban J connectivity index is 0.00000264. The highest BCUT2D eigenvalue weighted by atomic mass is 35.5. The van der Waals surface area contributed by atoms with Gasteiger partial charge in [-0.2, -0.15) is 0 Å². The number of piperidine rings is 1. The zero-order valence-corrected chi connectivity index (χ0v) is 15.9. The molecule has 132 valence electrons. The zero-order valence-electron chi connectivity index (χ0n) is 13.5. The monoisotopic (exact) mass is 382 g/mol. The van der Waals surface area contributed by atoms with Gasteiger partial charge < -0.3 is 5.32 Å². The van der Waals surface area contributed by atoms with Crippen molar-refractivity contribution in [2.24, 2.45) is 5.92 Å². The summed E-state index contributed by atoms with van der Waals surface area (Å²) in [6.45, 7) is 5.17. The number of carbonyl (C=O) groups is 1. The normalized spacial score (nSPS) is 17.6. The molecule has 10 heteroatoms. The Bertz CT molecular complexity index is 639. The topological polar surface area (TPSA) is 101 Å². The molecule has 1 aliphatic rings. The minimum Gasteiger partial charge on any atom is -0.317 e. The number of carbonyl (C=O) groups excluding carboxylic acids is 1. The second-order valence-corrected chi connectivity index (χ2v) is 9.46. The first-order valence-electron chi connectivity index (χ1n) is 7.29. The van der Waals surface area contributed by atoms with Crippen molar-refractivity contribution in [2.75, 3.05) is 24.7 Å². The summed E-state index contributed by atoms with van der Waals surface area (Å²) < 4.78 is 23.0. The van der Waals surface area contributed by atoms with E-state index in [2.05, 4.69) is 34.7 Å². The predicted molar refractivity (Wildman–Crippen MR) is 94.0 cm³/mol. The Morgan fingerprint density at radius 3 is 2.48 bits per heavy atom. The number of amides is 1. The molecule has 0 bridgehead atoms. The summed E-state index contributed by atoms with van der Waals surface area (Å²) in [5.41, 5.74) is 0. The lowest BCUT2D eigenvalue weighted by Crippen LogP contribution is -2.55. The fraction of sp³-hybridized carbons (Fsp3) is 0.769. The molecule has 2 heterocycles. The maximum Gasteiger partial charge on any atom is 0.247 e. The lowest BCUT2D eigenvalue weighted by atomic mass is 9.96. The average molecular weight is 383 g/mol. The first-order valence-corrected chi connectivity index (χ1v) is 9.99. The molecule has 1 aromatic heterocycles. The van der Waals surface area contributed by atoms with Crippen molar-refractivity contribution in [3.05, 3.63) is 5.01 Å². The van der Waals surface area contributed by atoms with E-state index in [1.807, 2.05) is 0 Å². The number of nitrogens with zero attached hydrogens (tertiary/aromatic N) is 2.